The molecular weight excluding hydrogens is 478 g/mol. The Hall–Kier alpha value is -3.54. The number of ether oxygens (including phenoxy) is 2. The van der Waals surface area contributed by atoms with Crippen molar-refractivity contribution in [1.82, 2.24) is 4.98 Å². The van der Waals surface area contributed by atoms with Crippen LogP contribution in [0.15, 0.2) is 60.9 Å². The highest BCUT2D eigenvalue weighted by atomic mass is 16.5. The van der Waals surface area contributed by atoms with Crippen LogP contribution in [0.4, 0.5) is 0 Å². The van der Waals surface area contributed by atoms with Gasteiger partial charge in [-0.05, 0) is 78.8 Å². The molecule has 0 bridgehead atoms. The van der Waals surface area contributed by atoms with Crippen molar-refractivity contribution in [2.24, 2.45) is 5.92 Å². The number of aromatic amines is 1. The Morgan fingerprint density at radius 1 is 0.947 bits per heavy atom. The smallest absolute Gasteiger partial charge is 0.302 e. The van der Waals surface area contributed by atoms with Gasteiger partial charge in [-0.2, -0.15) is 0 Å². The van der Waals surface area contributed by atoms with Crippen molar-refractivity contribution < 1.29 is 24.2 Å². The molecule has 0 aliphatic heterocycles. The van der Waals surface area contributed by atoms with Crippen molar-refractivity contribution in [1.29, 1.82) is 0 Å². The number of hydrogen-bond donors (Lipinski definition) is 2. The molecule has 0 aliphatic carbocycles. The third kappa shape index (κ3) is 9.40. The normalized spacial score (nSPS) is 12.6. The first-order valence-electron chi connectivity index (χ1n) is 13.6. The largest absolute Gasteiger partial charge is 0.504 e. The lowest BCUT2D eigenvalue weighted by Gasteiger charge is -2.21. The zero-order valence-electron chi connectivity index (χ0n) is 22.9. The summed E-state index contributed by atoms with van der Waals surface area (Å²) in [6.07, 6.45) is 10.5. The van der Waals surface area contributed by atoms with Crippen molar-refractivity contribution in [3.8, 4) is 11.5 Å². The van der Waals surface area contributed by atoms with E-state index >= 15 is 0 Å². The zero-order chi connectivity index (χ0) is 27.3. The van der Waals surface area contributed by atoms with Crippen LogP contribution in [-0.2, 0) is 40.0 Å². The Balaban J connectivity index is 1.51. The molecule has 0 radical (unpaired) electrons. The molecule has 1 heterocycles. The van der Waals surface area contributed by atoms with Crippen molar-refractivity contribution >= 4 is 11.8 Å². The van der Waals surface area contributed by atoms with Gasteiger partial charge in [0, 0.05) is 32.2 Å². The molecule has 2 aromatic carbocycles. The number of nitrogens with one attached hydrogen (secondary N) is 1. The first-order chi connectivity index (χ1) is 18.4. The van der Waals surface area contributed by atoms with Crippen LogP contribution in [0.25, 0.3) is 0 Å². The van der Waals surface area contributed by atoms with Crippen LogP contribution < -0.4 is 4.74 Å². The van der Waals surface area contributed by atoms with E-state index in [2.05, 4.69) is 48.6 Å². The van der Waals surface area contributed by atoms with Gasteiger partial charge in [-0.1, -0.05) is 49.7 Å². The topological polar surface area (TPSA) is 88.6 Å². The number of aromatic hydroxyl groups is 1. The number of rotatable bonds is 16. The van der Waals surface area contributed by atoms with Crippen LogP contribution in [-0.4, -0.2) is 35.1 Å². The lowest BCUT2D eigenvalue weighted by molar-refractivity contribution is -0.148. The van der Waals surface area contributed by atoms with Gasteiger partial charge < -0.3 is 19.6 Å². The van der Waals surface area contributed by atoms with Crippen LogP contribution >= 0.6 is 0 Å². The van der Waals surface area contributed by atoms with Gasteiger partial charge in [0.15, 0.2) is 11.5 Å². The molecule has 0 aliphatic rings. The van der Waals surface area contributed by atoms with Crippen molar-refractivity contribution in [2.75, 3.05) is 7.11 Å². The molecule has 38 heavy (non-hydrogen) atoms. The second-order valence-electron chi connectivity index (χ2n) is 10.0. The summed E-state index contributed by atoms with van der Waals surface area (Å²) in [6.45, 7) is 3.59. The maximum Gasteiger partial charge on any atom is 0.302 e. The fourth-order valence-electron chi connectivity index (χ4n) is 4.91. The van der Waals surface area contributed by atoms with E-state index in [1.54, 1.807) is 18.2 Å². The third-order valence-corrected chi connectivity index (χ3v) is 7.16. The number of esters is 1. The van der Waals surface area contributed by atoms with Gasteiger partial charge in [0.2, 0.25) is 0 Å². The second-order valence-corrected chi connectivity index (χ2v) is 10.0. The molecule has 2 atom stereocenters. The summed E-state index contributed by atoms with van der Waals surface area (Å²) in [5.74, 6) is 0.618. The summed E-state index contributed by atoms with van der Waals surface area (Å²) in [7, 11) is 1.50. The molecule has 6 heteroatoms. The van der Waals surface area contributed by atoms with E-state index < -0.39 is 6.10 Å². The van der Waals surface area contributed by atoms with E-state index in [-0.39, 0.29) is 23.9 Å². The van der Waals surface area contributed by atoms with E-state index in [1.165, 1.54) is 30.7 Å². The van der Waals surface area contributed by atoms with Crippen LogP contribution in [0.2, 0.25) is 0 Å². The number of phenols is 1. The van der Waals surface area contributed by atoms with Gasteiger partial charge in [0.1, 0.15) is 11.9 Å². The summed E-state index contributed by atoms with van der Waals surface area (Å²) in [5.41, 5.74) is 4.95. The van der Waals surface area contributed by atoms with Gasteiger partial charge in [0.25, 0.3) is 0 Å². The van der Waals surface area contributed by atoms with Crippen molar-refractivity contribution in [3.05, 3.63) is 83.2 Å². The van der Waals surface area contributed by atoms with Crippen molar-refractivity contribution in [3.63, 3.8) is 0 Å². The standard InChI is InChI=1S/C32H41NO5/c1-4-24(18-28-22-33-21-27(28)14-10-25-8-6-5-7-9-25)12-16-30(38-23(2)34)20-29(35)15-11-26-13-17-31(36)32(19-26)37-3/h5-9,13,17,19,21-22,24,30,33,36H,4,10-12,14-16,18,20H2,1-3H3. The average Bonchev–Trinajstić information content (AvgIpc) is 3.36. The van der Waals surface area contributed by atoms with Crippen LogP contribution in [0.1, 0.15) is 68.2 Å². The summed E-state index contributed by atoms with van der Waals surface area (Å²) in [5, 5.41) is 9.77. The number of Topliss-reactive ketones (excluding diaryl/α,β-unsaturated/α-hetero) is 1. The van der Waals surface area contributed by atoms with Crippen LogP contribution in [0.5, 0.6) is 11.5 Å². The Bertz CT molecular complexity index is 1150. The predicted octanol–water partition coefficient (Wildman–Crippen LogP) is 6.39. The first-order valence-corrected chi connectivity index (χ1v) is 13.6. The summed E-state index contributed by atoms with van der Waals surface area (Å²) in [6, 6.07) is 15.6. The van der Waals surface area contributed by atoms with E-state index in [9.17, 15) is 14.7 Å². The molecule has 0 saturated heterocycles. The Morgan fingerprint density at radius 3 is 2.42 bits per heavy atom. The number of aryl methyl sites for hydroxylation is 3. The number of carbonyl (C=O) groups excluding carboxylic acids is 2. The monoisotopic (exact) mass is 519 g/mol. The molecule has 204 valence electrons. The number of H-pyrrole nitrogens is 1. The number of methoxy groups -OCH3 is 1. The van der Waals surface area contributed by atoms with Gasteiger partial charge in [0.05, 0.1) is 7.11 Å². The van der Waals surface area contributed by atoms with E-state index in [4.69, 9.17) is 9.47 Å². The molecule has 0 amide bonds. The highest BCUT2D eigenvalue weighted by Crippen LogP contribution is 2.27. The van der Waals surface area contributed by atoms with E-state index in [1.807, 2.05) is 6.07 Å². The average molecular weight is 520 g/mol. The number of ketones is 1. The second kappa shape index (κ2) is 15.0. The summed E-state index contributed by atoms with van der Waals surface area (Å²) in [4.78, 5) is 27.8. The molecule has 0 spiro atoms. The molecule has 0 fully saturated rings. The number of aromatic nitrogens is 1. The Kier molecular flexibility index (Phi) is 11.5. The fourth-order valence-corrected chi connectivity index (χ4v) is 4.91. The summed E-state index contributed by atoms with van der Waals surface area (Å²) < 4.78 is 10.7. The van der Waals surface area contributed by atoms with E-state index in [0.717, 1.165) is 37.7 Å². The summed E-state index contributed by atoms with van der Waals surface area (Å²) >= 11 is 0. The Morgan fingerprint density at radius 2 is 1.71 bits per heavy atom. The lowest BCUT2D eigenvalue weighted by atomic mass is 9.89. The molecule has 3 aromatic rings. The molecule has 2 unspecified atom stereocenters. The fraction of sp³-hybridized carbons (Fsp3) is 0.438. The van der Waals surface area contributed by atoms with Gasteiger partial charge >= 0.3 is 5.97 Å². The molecule has 3 rings (SSSR count). The first kappa shape index (κ1) is 29.0. The molecule has 6 nitrogen and oxygen atoms in total. The minimum absolute atomic E-state index is 0.0603. The highest BCUT2D eigenvalue weighted by molar-refractivity contribution is 5.79. The molecule has 1 aromatic heterocycles. The minimum atomic E-state index is -0.410. The Labute approximate surface area is 226 Å². The van der Waals surface area contributed by atoms with Crippen LogP contribution in [0, 0.1) is 5.92 Å². The maximum atomic E-state index is 12.8. The lowest BCUT2D eigenvalue weighted by Crippen LogP contribution is -2.22. The number of carbonyl (C=O) groups is 2. The highest BCUT2D eigenvalue weighted by Gasteiger charge is 2.20. The van der Waals surface area contributed by atoms with Crippen LogP contribution in [0.3, 0.4) is 0 Å². The zero-order valence-corrected chi connectivity index (χ0v) is 22.9. The molecule has 2 N–H and O–H groups in total. The van der Waals surface area contributed by atoms with E-state index in [0.29, 0.717) is 30.9 Å². The number of phenolic OH excluding ortho intramolecular Hbond substituents is 1. The number of benzene rings is 2. The van der Waals surface area contributed by atoms with Gasteiger partial charge in [-0.3, -0.25) is 9.59 Å². The maximum absolute atomic E-state index is 12.8. The third-order valence-electron chi connectivity index (χ3n) is 7.16. The minimum Gasteiger partial charge on any atom is -0.504 e. The van der Waals surface area contributed by atoms with Gasteiger partial charge in [-0.15, -0.1) is 0 Å². The predicted molar refractivity (Wildman–Crippen MR) is 150 cm³/mol. The van der Waals surface area contributed by atoms with Gasteiger partial charge in [-0.25, -0.2) is 0 Å². The quantitative estimate of drug-likeness (QED) is 0.214. The SMILES string of the molecule is CCC(CCC(CC(=O)CCc1ccc(O)c(OC)c1)OC(C)=O)Cc1c[nH]cc1CCc1ccccc1. The molecular formula is C32H41NO5. The molecule has 0 saturated carbocycles. The number of hydrogen-bond acceptors (Lipinski definition) is 5. The van der Waals surface area contributed by atoms with Crippen molar-refractivity contribution in [2.45, 2.75) is 77.7 Å².